The highest BCUT2D eigenvalue weighted by molar-refractivity contribution is 5.85. The van der Waals surface area contributed by atoms with Gasteiger partial charge in [-0.3, -0.25) is 4.79 Å². The number of rotatable bonds is 6. The number of hydrogen-bond donors (Lipinski definition) is 0. The smallest absolute Gasteiger partial charge is 0.266 e. The van der Waals surface area contributed by atoms with Gasteiger partial charge >= 0.3 is 0 Å². The van der Waals surface area contributed by atoms with Crippen molar-refractivity contribution < 1.29 is 4.74 Å². The second kappa shape index (κ2) is 9.02. The predicted octanol–water partition coefficient (Wildman–Crippen LogP) is 3.12. The predicted molar refractivity (Wildman–Crippen MR) is 103 cm³/mol. The largest absolute Gasteiger partial charge is 0.494 e. The van der Waals surface area contributed by atoms with E-state index in [4.69, 9.17) is 4.74 Å². The second-order valence-corrected chi connectivity index (χ2v) is 6.43. The van der Waals surface area contributed by atoms with E-state index in [0.717, 1.165) is 42.6 Å². The average molecular weight is 364 g/mol. The summed E-state index contributed by atoms with van der Waals surface area (Å²) < 4.78 is 7.18. The average Bonchev–Trinajstić information content (AvgIpc) is 3.00. The molecule has 0 radical (unpaired) electrons. The first-order valence-electron chi connectivity index (χ1n) is 8.65. The van der Waals surface area contributed by atoms with Crippen molar-refractivity contribution >= 4 is 12.4 Å². The molecule has 0 amide bonds. The van der Waals surface area contributed by atoms with E-state index in [2.05, 4.69) is 16.9 Å². The van der Waals surface area contributed by atoms with Gasteiger partial charge in [-0.25, -0.2) is 4.68 Å². The molecule has 1 atom stereocenters. The van der Waals surface area contributed by atoms with Crippen LogP contribution >= 0.6 is 12.4 Å². The highest BCUT2D eigenvalue weighted by Gasteiger charge is 2.18. The van der Waals surface area contributed by atoms with E-state index in [-0.39, 0.29) is 18.0 Å². The van der Waals surface area contributed by atoms with Gasteiger partial charge in [-0.1, -0.05) is 0 Å². The molecule has 2 aromatic rings. The van der Waals surface area contributed by atoms with Gasteiger partial charge in [0.25, 0.3) is 5.56 Å². The molecule has 0 aliphatic carbocycles. The lowest BCUT2D eigenvalue weighted by Crippen LogP contribution is -2.28. The lowest BCUT2D eigenvalue weighted by Gasteiger charge is -2.20. The van der Waals surface area contributed by atoms with E-state index in [1.54, 1.807) is 13.1 Å². The number of likely N-dealkylation sites (tertiary alicyclic amines) is 1. The third-order valence-electron chi connectivity index (χ3n) is 4.66. The molecule has 0 spiro atoms. The highest BCUT2D eigenvalue weighted by atomic mass is 35.5. The van der Waals surface area contributed by atoms with Crippen LogP contribution in [0, 0.1) is 0 Å². The number of aromatic nitrogens is 2. The summed E-state index contributed by atoms with van der Waals surface area (Å²) in [6, 6.07) is 11.9. The maximum Gasteiger partial charge on any atom is 0.266 e. The van der Waals surface area contributed by atoms with Crippen LogP contribution in [0.2, 0.25) is 0 Å². The zero-order valence-corrected chi connectivity index (χ0v) is 15.7. The normalized spacial score (nSPS) is 17.3. The Hall–Kier alpha value is -1.85. The minimum atomic E-state index is -0.106. The topological polar surface area (TPSA) is 47.4 Å². The first kappa shape index (κ1) is 19.5. The van der Waals surface area contributed by atoms with Crippen molar-refractivity contribution in [1.29, 1.82) is 0 Å². The van der Waals surface area contributed by atoms with Crippen LogP contribution in [0.25, 0.3) is 11.3 Å². The zero-order chi connectivity index (χ0) is 16.9. The fourth-order valence-electron chi connectivity index (χ4n) is 3.16. The lowest BCUT2D eigenvalue weighted by molar-refractivity contribution is 0.230. The van der Waals surface area contributed by atoms with Gasteiger partial charge in [0.05, 0.1) is 12.3 Å². The van der Waals surface area contributed by atoms with E-state index in [1.165, 1.54) is 30.1 Å². The van der Waals surface area contributed by atoms with Crippen molar-refractivity contribution in [3.63, 3.8) is 0 Å². The molecule has 2 heterocycles. The maximum atomic E-state index is 11.4. The van der Waals surface area contributed by atoms with Crippen molar-refractivity contribution in [2.75, 3.05) is 19.7 Å². The van der Waals surface area contributed by atoms with Gasteiger partial charge in [0.2, 0.25) is 0 Å². The molecule has 0 saturated carbocycles. The Morgan fingerprint density at radius 1 is 1.20 bits per heavy atom. The summed E-state index contributed by atoms with van der Waals surface area (Å²) in [5.74, 6) is 0.873. The number of hydrogen-bond acceptors (Lipinski definition) is 4. The van der Waals surface area contributed by atoms with Gasteiger partial charge < -0.3 is 9.64 Å². The van der Waals surface area contributed by atoms with Crippen molar-refractivity contribution in [2.45, 2.75) is 32.2 Å². The molecule has 1 aromatic carbocycles. The van der Waals surface area contributed by atoms with Crippen molar-refractivity contribution in [2.24, 2.45) is 7.05 Å². The summed E-state index contributed by atoms with van der Waals surface area (Å²) in [5, 5.41) is 4.26. The van der Waals surface area contributed by atoms with Crippen LogP contribution in [0.5, 0.6) is 5.75 Å². The highest BCUT2D eigenvalue weighted by Crippen LogP contribution is 2.20. The fraction of sp³-hybridized carbons (Fsp3) is 0.474. The van der Waals surface area contributed by atoms with Crippen LogP contribution < -0.4 is 10.3 Å². The summed E-state index contributed by atoms with van der Waals surface area (Å²) in [6.07, 6.45) is 3.69. The number of nitrogens with zero attached hydrogens (tertiary/aromatic N) is 3. The Labute approximate surface area is 155 Å². The summed E-state index contributed by atoms with van der Waals surface area (Å²) in [7, 11) is 1.66. The molecule has 25 heavy (non-hydrogen) atoms. The van der Waals surface area contributed by atoms with Crippen molar-refractivity contribution in [3.05, 3.63) is 46.8 Å². The minimum absolute atomic E-state index is 0. The van der Waals surface area contributed by atoms with Gasteiger partial charge in [-0.05, 0) is 63.1 Å². The van der Waals surface area contributed by atoms with Gasteiger partial charge in [0.15, 0.2) is 0 Å². The molecule has 1 saturated heterocycles. The lowest BCUT2D eigenvalue weighted by atomic mass is 10.1. The van der Waals surface area contributed by atoms with Crippen LogP contribution in [-0.2, 0) is 7.05 Å². The SMILES string of the molecule is C[C@@H]1CCCN1CCCOc1ccc(-c2ccc(=O)n(C)n2)cc1.Cl. The first-order valence-corrected chi connectivity index (χ1v) is 8.65. The standard InChI is InChI=1S/C19H25N3O2.ClH/c1-15-5-3-12-22(15)13-4-14-24-17-8-6-16(7-9-17)18-10-11-19(23)21(2)20-18;/h6-11,15H,3-5,12-14H2,1-2H3;1H/t15-;/m1./s1. The molecule has 136 valence electrons. The van der Waals surface area contributed by atoms with Gasteiger partial charge in [0, 0.05) is 31.3 Å². The zero-order valence-electron chi connectivity index (χ0n) is 14.9. The molecule has 6 heteroatoms. The number of aryl methyl sites for hydroxylation is 1. The Morgan fingerprint density at radius 3 is 2.60 bits per heavy atom. The maximum absolute atomic E-state index is 11.4. The molecule has 3 rings (SSSR count). The Bertz CT molecular complexity index is 730. The van der Waals surface area contributed by atoms with Gasteiger partial charge in [-0.15, -0.1) is 12.4 Å². The molecule has 1 aliphatic heterocycles. The molecular weight excluding hydrogens is 338 g/mol. The quantitative estimate of drug-likeness (QED) is 0.740. The monoisotopic (exact) mass is 363 g/mol. The van der Waals surface area contributed by atoms with E-state index < -0.39 is 0 Å². The van der Waals surface area contributed by atoms with Crippen LogP contribution in [0.1, 0.15) is 26.2 Å². The summed E-state index contributed by atoms with van der Waals surface area (Å²) >= 11 is 0. The number of benzene rings is 1. The molecular formula is C19H26ClN3O2. The van der Waals surface area contributed by atoms with Crippen LogP contribution in [0.4, 0.5) is 0 Å². The Balaban J connectivity index is 0.00000225. The molecule has 0 bridgehead atoms. The van der Waals surface area contributed by atoms with Gasteiger partial charge in [-0.2, -0.15) is 5.10 Å². The second-order valence-electron chi connectivity index (χ2n) is 6.43. The van der Waals surface area contributed by atoms with Gasteiger partial charge in [0.1, 0.15) is 5.75 Å². The molecule has 0 unspecified atom stereocenters. The molecule has 1 fully saturated rings. The summed E-state index contributed by atoms with van der Waals surface area (Å²) in [4.78, 5) is 13.9. The van der Waals surface area contributed by atoms with Crippen molar-refractivity contribution in [3.8, 4) is 17.0 Å². The first-order chi connectivity index (χ1) is 11.6. The van der Waals surface area contributed by atoms with E-state index in [0.29, 0.717) is 0 Å². The Morgan fingerprint density at radius 2 is 1.96 bits per heavy atom. The van der Waals surface area contributed by atoms with Crippen LogP contribution in [-0.4, -0.2) is 40.4 Å². The fourth-order valence-corrected chi connectivity index (χ4v) is 3.16. The minimum Gasteiger partial charge on any atom is -0.494 e. The van der Waals surface area contributed by atoms with E-state index in [9.17, 15) is 4.79 Å². The molecule has 0 N–H and O–H groups in total. The number of ether oxygens (including phenoxy) is 1. The summed E-state index contributed by atoms with van der Waals surface area (Å²) in [5.41, 5.74) is 1.65. The van der Waals surface area contributed by atoms with Crippen LogP contribution in [0.15, 0.2) is 41.2 Å². The number of halogens is 1. The third kappa shape index (κ3) is 5.06. The van der Waals surface area contributed by atoms with Crippen LogP contribution in [0.3, 0.4) is 0 Å². The Kier molecular flexibility index (Phi) is 7.02. The third-order valence-corrected chi connectivity index (χ3v) is 4.66. The molecule has 1 aliphatic rings. The van der Waals surface area contributed by atoms with E-state index in [1.807, 2.05) is 24.3 Å². The molecule has 5 nitrogen and oxygen atoms in total. The van der Waals surface area contributed by atoms with Crippen molar-refractivity contribution in [1.82, 2.24) is 14.7 Å². The van der Waals surface area contributed by atoms with E-state index >= 15 is 0 Å². The molecule has 1 aromatic heterocycles. The summed E-state index contributed by atoms with van der Waals surface area (Å²) in [6.45, 7) is 5.38.